The van der Waals surface area contributed by atoms with Crippen molar-refractivity contribution < 1.29 is 4.79 Å². The molecule has 5 nitrogen and oxygen atoms in total. The Kier molecular flexibility index (Phi) is 4.30. The highest BCUT2D eigenvalue weighted by atomic mass is 16.1. The zero-order valence-corrected chi connectivity index (χ0v) is 11.9. The molecule has 0 radical (unpaired) electrons. The molecule has 1 heterocycles. The predicted molar refractivity (Wildman–Crippen MR) is 80.1 cm³/mol. The molecule has 0 atom stereocenters. The van der Waals surface area contributed by atoms with Crippen molar-refractivity contribution in [2.45, 2.75) is 20.8 Å². The van der Waals surface area contributed by atoms with Crippen LogP contribution in [0.25, 0.3) is 0 Å². The van der Waals surface area contributed by atoms with Crippen molar-refractivity contribution in [1.29, 1.82) is 0 Å². The molecular weight excluding hydrogens is 252 g/mol. The van der Waals surface area contributed by atoms with Gasteiger partial charge in [-0.2, -0.15) is 0 Å². The van der Waals surface area contributed by atoms with Crippen LogP contribution in [0.15, 0.2) is 30.3 Å². The van der Waals surface area contributed by atoms with Gasteiger partial charge in [0.2, 0.25) is 0 Å². The van der Waals surface area contributed by atoms with Crippen LogP contribution in [0.2, 0.25) is 0 Å². The van der Waals surface area contributed by atoms with Gasteiger partial charge in [-0.3, -0.25) is 4.79 Å². The molecule has 0 saturated heterocycles. The lowest BCUT2D eigenvalue weighted by atomic mass is 10.1. The summed E-state index contributed by atoms with van der Waals surface area (Å²) in [4.78, 5) is 12.1. The van der Waals surface area contributed by atoms with E-state index in [0.717, 1.165) is 23.4 Å². The van der Waals surface area contributed by atoms with Gasteiger partial charge < -0.3 is 10.6 Å². The minimum atomic E-state index is -0.255. The second-order valence-electron chi connectivity index (χ2n) is 4.54. The summed E-state index contributed by atoms with van der Waals surface area (Å²) in [6.45, 7) is 6.73. The smallest absolute Gasteiger partial charge is 0.276 e. The van der Waals surface area contributed by atoms with Crippen LogP contribution in [0, 0.1) is 13.8 Å². The van der Waals surface area contributed by atoms with Crippen molar-refractivity contribution in [2.24, 2.45) is 0 Å². The molecule has 0 aliphatic carbocycles. The molecule has 0 fully saturated rings. The fraction of sp³-hybridized carbons (Fsp3) is 0.267. The van der Waals surface area contributed by atoms with Gasteiger partial charge in [-0.25, -0.2) is 0 Å². The number of anilines is 2. The molecule has 0 spiro atoms. The van der Waals surface area contributed by atoms with Crippen LogP contribution in [-0.2, 0) is 0 Å². The van der Waals surface area contributed by atoms with E-state index in [9.17, 15) is 4.79 Å². The Morgan fingerprint density at radius 2 is 1.95 bits per heavy atom. The SMILES string of the molecule is CCNc1ccc(C(=O)Nc2cccc(C)c2C)nn1. The first kappa shape index (κ1) is 14.0. The fourth-order valence-corrected chi connectivity index (χ4v) is 1.80. The van der Waals surface area contributed by atoms with Crippen LogP contribution >= 0.6 is 0 Å². The number of nitrogens with one attached hydrogen (secondary N) is 2. The predicted octanol–water partition coefficient (Wildman–Crippen LogP) is 2.78. The Labute approximate surface area is 118 Å². The molecule has 104 valence electrons. The van der Waals surface area contributed by atoms with E-state index in [4.69, 9.17) is 0 Å². The molecular formula is C15H18N4O. The van der Waals surface area contributed by atoms with Gasteiger partial charge >= 0.3 is 0 Å². The van der Waals surface area contributed by atoms with Crippen molar-refractivity contribution in [2.75, 3.05) is 17.2 Å². The van der Waals surface area contributed by atoms with Gasteiger partial charge in [-0.15, -0.1) is 10.2 Å². The molecule has 2 rings (SSSR count). The number of hydrogen-bond donors (Lipinski definition) is 2. The number of aromatic nitrogens is 2. The van der Waals surface area contributed by atoms with Crippen LogP contribution < -0.4 is 10.6 Å². The van der Waals surface area contributed by atoms with Crippen LogP contribution in [0.5, 0.6) is 0 Å². The van der Waals surface area contributed by atoms with Gasteiger partial charge in [-0.1, -0.05) is 12.1 Å². The second-order valence-corrected chi connectivity index (χ2v) is 4.54. The lowest BCUT2D eigenvalue weighted by molar-refractivity contribution is 0.102. The minimum Gasteiger partial charge on any atom is -0.369 e. The quantitative estimate of drug-likeness (QED) is 0.896. The molecule has 1 amide bonds. The average Bonchev–Trinajstić information content (AvgIpc) is 2.45. The van der Waals surface area contributed by atoms with Gasteiger partial charge in [0.05, 0.1) is 0 Å². The van der Waals surface area contributed by atoms with Crippen molar-refractivity contribution in [3.63, 3.8) is 0 Å². The van der Waals surface area contributed by atoms with Gasteiger partial charge in [0, 0.05) is 12.2 Å². The summed E-state index contributed by atoms with van der Waals surface area (Å²) in [6, 6.07) is 9.20. The van der Waals surface area contributed by atoms with Crippen LogP contribution in [-0.4, -0.2) is 22.6 Å². The molecule has 0 aliphatic heterocycles. The molecule has 0 bridgehead atoms. The van der Waals surface area contributed by atoms with Crippen molar-refractivity contribution >= 4 is 17.4 Å². The lowest BCUT2D eigenvalue weighted by Gasteiger charge is -2.10. The molecule has 0 aliphatic rings. The Morgan fingerprint density at radius 1 is 1.15 bits per heavy atom. The fourth-order valence-electron chi connectivity index (χ4n) is 1.80. The van der Waals surface area contributed by atoms with E-state index in [1.165, 1.54) is 0 Å². The highest BCUT2D eigenvalue weighted by Gasteiger charge is 2.10. The van der Waals surface area contributed by atoms with E-state index >= 15 is 0 Å². The first-order valence-corrected chi connectivity index (χ1v) is 6.57. The standard InChI is InChI=1S/C15H18N4O/c1-4-16-14-9-8-13(18-19-14)15(20)17-12-7-5-6-10(2)11(12)3/h5-9H,4H2,1-3H3,(H,16,19)(H,17,20). The van der Waals surface area contributed by atoms with Crippen LogP contribution in [0.3, 0.4) is 0 Å². The summed E-state index contributed by atoms with van der Waals surface area (Å²) in [6.07, 6.45) is 0. The van der Waals surface area contributed by atoms with Crippen LogP contribution in [0.1, 0.15) is 28.5 Å². The Bertz CT molecular complexity index is 608. The second kappa shape index (κ2) is 6.14. The number of hydrogen-bond acceptors (Lipinski definition) is 4. The lowest BCUT2D eigenvalue weighted by Crippen LogP contribution is -2.15. The summed E-state index contributed by atoms with van der Waals surface area (Å²) in [5, 5.41) is 13.8. The van der Waals surface area contributed by atoms with E-state index in [1.807, 2.05) is 39.0 Å². The number of benzene rings is 1. The monoisotopic (exact) mass is 270 g/mol. The number of carbonyl (C=O) groups excluding carboxylic acids is 1. The third kappa shape index (κ3) is 3.12. The maximum Gasteiger partial charge on any atom is 0.276 e. The van der Waals surface area contributed by atoms with E-state index in [0.29, 0.717) is 11.5 Å². The molecule has 5 heteroatoms. The molecule has 1 aromatic heterocycles. The van der Waals surface area contributed by atoms with Gasteiger partial charge in [0.1, 0.15) is 5.82 Å². The largest absolute Gasteiger partial charge is 0.369 e. The number of aryl methyl sites for hydroxylation is 1. The molecule has 20 heavy (non-hydrogen) atoms. The van der Waals surface area contributed by atoms with E-state index in [-0.39, 0.29) is 5.91 Å². The number of carbonyl (C=O) groups is 1. The topological polar surface area (TPSA) is 66.9 Å². The molecule has 1 aromatic carbocycles. The first-order valence-electron chi connectivity index (χ1n) is 6.57. The summed E-state index contributed by atoms with van der Waals surface area (Å²) in [7, 11) is 0. The van der Waals surface area contributed by atoms with E-state index < -0.39 is 0 Å². The van der Waals surface area contributed by atoms with Crippen molar-refractivity contribution in [3.05, 3.63) is 47.2 Å². The maximum absolute atomic E-state index is 12.1. The third-order valence-electron chi connectivity index (χ3n) is 3.11. The van der Waals surface area contributed by atoms with Gasteiger partial charge in [-0.05, 0) is 50.1 Å². The van der Waals surface area contributed by atoms with E-state index in [1.54, 1.807) is 12.1 Å². The highest BCUT2D eigenvalue weighted by Crippen LogP contribution is 2.18. The maximum atomic E-state index is 12.1. The Balaban J connectivity index is 2.13. The summed E-state index contributed by atoms with van der Waals surface area (Å²) in [5.74, 6) is 0.407. The Morgan fingerprint density at radius 3 is 2.60 bits per heavy atom. The summed E-state index contributed by atoms with van der Waals surface area (Å²) in [5.41, 5.74) is 3.29. The summed E-state index contributed by atoms with van der Waals surface area (Å²) < 4.78 is 0. The molecule has 0 unspecified atom stereocenters. The third-order valence-corrected chi connectivity index (χ3v) is 3.11. The molecule has 0 saturated carbocycles. The molecule has 2 N–H and O–H groups in total. The molecule has 2 aromatic rings. The van der Waals surface area contributed by atoms with Gasteiger partial charge in [0.25, 0.3) is 5.91 Å². The summed E-state index contributed by atoms with van der Waals surface area (Å²) >= 11 is 0. The zero-order valence-electron chi connectivity index (χ0n) is 11.9. The van der Waals surface area contributed by atoms with Crippen LogP contribution in [0.4, 0.5) is 11.5 Å². The van der Waals surface area contributed by atoms with Crippen molar-refractivity contribution in [1.82, 2.24) is 10.2 Å². The zero-order chi connectivity index (χ0) is 14.5. The average molecular weight is 270 g/mol. The number of nitrogens with zero attached hydrogens (tertiary/aromatic N) is 2. The van der Waals surface area contributed by atoms with Gasteiger partial charge in [0.15, 0.2) is 5.69 Å². The first-order chi connectivity index (χ1) is 9.61. The normalized spacial score (nSPS) is 10.2. The minimum absolute atomic E-state index is 0.255. The van der Waals surface area contributed by atoms with E-state index in [2.05, 4.69) is 20.8 Å². The highest BCUT2D eigenvalue weighted by molar-refractivity contribution is 6.03. The number of rotatable bonds is 4. The Hall–Kier alpha value is -2.43. The number of amides is 1. The van der Waals surface area contributed by atoms with Crippen molar-refractivity contribution in [3.8, 4) is 0 Å².